The van der Waals surface area contributed by atoms with Crippen molar-refractivity contribution < 1.29 is 9.53 Å². The molecule has 0 radical (unpaired) electrons. The highest BCUT2D eigenvalue weighted by Gasteiger charge is 2.22. The monoisotopic (exact) mass is 367 g/mol. The van der Waals surface area contributed by atoms with Crippen LogP contribution in [0.2, 0.25) is 0 Å². The Balaban J connectivity index is 1.58. The number of ether oxygens (including phenoxy) is 1. The van der Waals surface area contributed by atoms with Crippen molar-refractivity contribution in [3.05, 3.63) is 109 Å². The topological polar surface area (TPSA) is 38.3 Å². The number of carbonyl (C=O) groups excluding carboxylic acids is 1. The molecule has 0 heterocycles. The Morgan fingerprint density at radius 2 is 1.39 bits per heavy atom. The van der Waals surface area contributed by atoms with Crippen LogP contribution < -0.4 is 10.1 Å². The summed E-state index contributed by atoms with van der Waals surface area (Å²) in [6, 6.07) is 33.3. The highest BCUT2D eigenvalue weighted by Crippen LogP contribution is 2.27. The highest BCUT2D eigenvalue weighted by molar-refractivity contribution is 5.96. The number of hydrogen-bond donors (Lipinski definition) is 1. The molecule has 3 heteroatoms. The molecule has 1 unspecified atom stereocenters. The third-order valence-electron chi connectivity index (χ3n) is 4.71. The minimum Gasteiger partial charge on any atom is -0.492 e. The smallest absolute Gasteiger partial charge is 0.235 e. The molecule has 3 nitrogen and oxygen atoms in total. The van der Waals surface area contributed by atoms with Gasteiger partial charge < -0.3 is 10.1 Å². The van der Waals surface area contributed by atoms with Crippen molar-refractivity contribution in [2.75, 3.05) is 11.9 Å². The zero-order chi connectivity index (χ0) is 19.2. The summed E-state index contributed by atoms with van der Waals surface area (Å²) in [6.45, 7) is 0.261. The van der Waals surface area contributed by atoms with Crippen molar-refractivity contribution >= 4 is 22.4 Å². The van der Waals surface area contributed by atoms with Gasteiger partial charge in [0.2, 0.25) is 5.91 Å². The molecule has 1 amide bonds. The lowest BCUT2D eigenvalue weighted by molar-refractivity contribution is -0.118. The van der Waals surface area contributed by atoms with Crippen molar-refractivity contribution in [2.24, 2.45) is 0 Å². The van der Waals surface area contributed by atoms with E-state index in [0.29, 0.717) is 0 Å². The fourth-order valence-electron chi connectivity index (χ4n) is 3.25. The first-order valence-electron chi connectivity index (χ1n) is 9.33. The van der Waals surface area contributed by atoms with E-state index in [2.05, 4.69) is 17.4 Å². The Hall–Kier alpha value is -3.59. The van der Waals surface area contributed by atoms with Crippen LogP contribution in [-0.4, -0.2) is 12.5 Å². The summed E-state index contributed by atoms with van der Waals surface area (Å²) in [5.74, 6) is 0.282. The Kier molecular flexibility index (Phi) is 5.34. The second-order valence-corrected chi connectivity index (χ2v) is 6.61. The first kappa shape index (κ1) is 17.8. The SMILES string of the molecule is O=C(Nc1ccccc1)C(COc1cccc2ccccc12)c1ccccc1. The third-order valence-corrected chi connectivity index (χ3v) is 4.71. The number of anilines is 1. The summed E-state index contributed by atoms with van der Waals surface area (Å²) in [5, 5.41) is 5.15. The summed E-state index contributed by atoms with van der Waals surface area (Å²) < 4.78 is 6.13. The maximum absolute atomic E-state index is 13.0. The van der Waals surface area contributed by atoms with Gasteiger partial charge in [-0.05, 0) is 29.1 Å². The quantitative estimate of drug-likeness (QED) is 0.479. The average molecular weight is 367 g/mol. The first-order chi connectivity index (χ1) is 13.8. The lowest BCUT2D eigenvalue weighted by Gasteiger charge is -2.19. The van der Waals surface area contributed by atoms with Crippen molar-refractivity contribution in [2.45, 2.75) is 5.92 Å². The molecule has 1 atom stereocenters. The van der Waals surface area contributed by atoms with Crippen molar-refractivity contribution in [3.8, 4) is 5.75 Å². The molecule has 138 valence electrons. The number of nitrogens with one attached hydrogen (secondary N) is 1. The molecule has 0 bridgehead atoms. The minimum atomic E-state index is -0.416. The molecular weight excluding hydrogens is 346 g/mol. The van der Waals surface area contributed by atoms with Crippen LogP contribution in [0, 0.1) is 0 Å². The van der Waals surface area contributed by atoms with Crippen molar-refractivity contribution in [3.63, 3.8) is 0 Å². The molecule has 0 saturated heterocycles. The van der Waals surface area contributed by atoms with E-state index in [4.69, 9.17) is 4.74 Å². The molecule has 4 aromatic rings. The number of benzene rings is 4. The molecule has 0 aliphatic rings. The predicted molar refractivity (Wildman–Crippen MR) is 114 cm³/mol. The van der Waals surface area contributed by atoms with Gasteiger partial charge in [0.1, 0.15) is 12.4 Å². The summed E-state index contributed by atoms with van der Waals surface area (Å²) >= 11 is 0. The van der Waals surface area contributed by atoms with E-state index in [1.54, 1.807) is 0 Å². The molecule has 4 aromatic carbocycles. The van der Waals surface area contributed by atoms with Gasteiger partial charge in [-0.25, -0.2) is 0 Å². The van der Waals surface area contributed by atoms with Gasteiger partial charge in [0.25, 0.3) is 0 Å². The van der Waals surface area contributed by atoms with Crippen LogP contribution in [0.1, 0.15) is 11.5 Å². The van der Waals surface area contributed by atoms with Gasteiger partial charge in [0, 0.05) is 11.1 Å². The van der Waals surface area contributed by atoms with Crippen LogP contribution >= 0.6 is 0 Å². The fourth-order valence-corrected chi connectivity index (χ4v) is 3.25. The maximum atomic E-state index is 13.0. The molecule has 4 rings (SSSR count). The Labute approximate surface area is 164 Å². The van der Waals surface area contributed by atoms with Crippen molar-refractivity contribution in [1.82, 2.24) is 0 Å². The lowest BCUT2D eigenvalue weighted by Crippen LogP contribution is -2.26. The van der Waals surface area contributed by atoms with Crippen LogP contribution in [-0.2, 0) is 4.79 Å². The number of para-hydroxylation sites is 1. The maximum Gasteiger partial charge on any atom is 0.235 e. The first-order valence-corrected chi connectivity index (χ1v) is 9.33. The zero-order valence-corrected chi connectivity index (χ0v) is 15.4. The number of amides is 1. The normalized spacial score (nSPS) is 11.7. The number of fused-ring (bicyclic) bond motifs is 1. The summed E-state index contributed by atoms with van der Waals surface area (Å²) in [4.78, 5) is 13.0. The minimum absolute atomic E-state index is 0.0855. The molecule has 1 N–H and O–H groups in total. The Bertz CT molecular complexity index is 1060. The van der Waals surface area contributed by atoms with Gasteiger partial charge in [-0.15, -0.1) is 0 Å². The Morgan fingerprint density at radius 1 is 0.750 bits per heavy atom. The molecule has 0 saturated carbocycles. The van der Waals surface area contributed by atoms with E-state index in [1.165, 1.54) is 0 Å². The molecule has 0 aromatic heterocycles. The summed E-state index contributed by atoms with van der Waals surface area (Å²) in [7, 11) is 0. The van der Waals surface area contributed by atoms with Crippen LogP contribution in [0.3, 0.4) is 0 Å². The molecule has 0 spiro atoms. The second kappa shape index (κ2) is 8.40. The highest BCUT2D eigenvalue weighted by atomic mass is 16.5. The van der Waals surface area contributed by atoms with Crippen LogP contribution in [0.25, 0.3) is 10.8 Å². The average Bonchev–Trinajstić information content (AvgIpc) is 2.75. The molecule has 0 aliphatic heterocycles. The Morgan fingerprint density at radius 3 is 2.18 bits per heavy atom. The van der Waals surface area contributed by atoms with Gasteiger partial charge >= 0.3 is 0 Å². The van der Waals surface area contributed by atoms with Crippen LogP contribution in [0.5, 0.6) is 5.75 Å². The van der Waals surface area contributed by atoms with Gasteiger partial charge in [-0.3, -0.25) is 4.79 Å². The van der Waals surface area contributed by atoms with Crippen LogP contribution in [0.15, 0.2) is 103 Å². The molecule has 28 heavy (non-hydrogen) atoms. The molecule has 0 fully saturated rings. The standard InChI is InChI=1S/C25H21NO2/c27-25(26-21-14-5-2-6-15-21)23(20-10-3-1-4-11-20)18-28-24-17-9-13-19-12-7-8-16-22(19)24/h1-17,23H,18H2,(H,26,27). The largest absolute Gasteiger partial charge is 0.492 e. The van der Waals surface area contributed by atoms with Gasteiger partial charge in [0.05, 0.1) is 5.92 Å². The van der Waals surface area contributed by atoms with Crippen LogP contribution in [0.4, 0.5) is 5.69 Å². The third kappa shape index (κ3) is 4.04. The molecule has 0 aliphatic carbocycles. The van der Waals surface area contributed by atoms with Gasteiger partial charge in [-0.1, -0.05) is 84.9 Å². The van der Waals surface area contributed by atoms with E-state index in [9.17, 15) is 4.79 Å². The fraction of sp³-hybridized carbons (Fsp3) is 0.0800. The van der Waals surface area contributed by atoms with Gasteiger partial charge in [-0.2, -0.15) is 0 Å². The number of hydrogen-bond acceptors (Lipinski definition) is 2. The van der Waals surface area contributed by atoms with E-state index >= 15 is 0 Å². The molecular formula is C25H21NO2. The van der Waals surface area contributed by atoms with E-state index < -0.39 is 5.92 Å². The zero-order valence-electron chi connectivity index (χ0n) is 15.4. The van der Waals surface area contributed by atoms with E-state index in [0.717, 1.165) is 27.8 Å². The number of carbonyl (C=O) groups is 1. The van der Waals surface area contributed by atoms with E-state index in [-0.39, 0.29) is 12.5 Å². The predicted octanol–water partition coefficient (Wildman–Crippen LogP) is 5.64. The van der Waals surface area contributed by atoms with Crippen molar-refractivity contribution in [1.29, 1.82) is 0 Å². The van der Waals surface area contributed by atoms with Gasteiger partial charge in [0.15, 0.2) is 0 Å². The lowest BCUT2D eigenvalue weighted by atomic mass is 9.99. The van der Waals surface area contributed by atoms with E-state index in [1.807, 2.05) is 91.0 Å². The number of rotatable bonds is 6. The second-order valence-electron chi connectivity index (χ2n) is 6.61. The summed E-state index contributed by atoms with van der Waals surface area (Å²) in [6.07, 6.45) is 0. The summed E-state index contributed by atoms with van der Waals surface area (Å²) in [5.41, 5.74) is 1.70.